The van der Waals surface area contributed by atoms with Crippen molar-refractivity contribution < 1.29 is 22.7 Å². The van der Waals surface area contributed by atoms with E-state index < -0.39 is 10.0 Å². The molecule has 1 aliphatic rings. The summed E-state index contributed by atoms with van der Waals surface area (Å²) in [5.74, 6) is 0.537. The topological polar surface area (TPSA) is 81.1 Å². The number of amides is 1. The Morgan fingerprint density at radius 3 is 2.48 bits per heavy atom. The maximum absolute atomic E-state index is 12.9. The van der Waals surface area contributed by atoms with Crippen LogP contribution in [0, 0.1) is 0 Å². The van der Waals surface area contributed by atoms with Crippen LogP contribution in [0.3, 0.4) is 0 Å². The van der Waals surface area contributed by atoms with Crippen molar-refractivity contribution in [3.8, 4) is 5.75 Å². The molecule has 0 bridgehead atoms. The van der Waals surface area contributed by atoms with Gasteiger partial charge in [0.15, 0.2) is 0 Å². The molecule has 1 aromatic heterocycles. The molecule has 158 valence electrons. The van der Waals surface area contributed by atoms with Crippen LogP contribution in [0.4, 0.5) is 0 Å². The predicted molar refractivity (Wildman–Crippen MR) is 108 cm³/mol. The van der Waals surface area contributed by atoms with Gasteiger partial charge in [-0.3, -0.25) is 4.79 Å². The van der Waals surface area contributed by atoms with Crippen molar-refractivity contribution in [2.24, 2.45) is 7.05 Å². The number of carbonyl (C=O) groups is 1. The van der Waals surface area contributed by atoms with Crippen molar-refractivity contribution in [3.05, 3.63) is 47.8 Å². The number of rotatable bonds is 7. The summed E-state index contributed by atoms with van der Waals surface area (Å²) in [6, 6.07) is 9.00. The maximum Gasteiger partial charge on any atom is 0.270 e. The third kappa shape index (κ3) is 4.80. The number of hydrogen-bond donors (Lipinski definition) is 0. The molecule has 0 N–H and O–H groups in total. The Morgan fingerprint density at radius 2 is 1.86 bits per heavy atom. The molecular formula is C20H27N3O5S. The van der Waals surface area contributed by atoms with Crippen LogP contribution in [0.5, 0.6) is 5.75 Å². The van der Waals surface area contributed by atoms with Crippen LogP contribution >= 0.6 is 0 Å². The van der Waals surface area contributed by atoms with Crippen molar-refractivity contribution in [1.82, 2.24) is 13.8 Å². The average molecular weight is 422 g/mol. The van der Waals surface area contributed by atoms with Crippen molar-refractivity contribution in [2.45, 2.75) is 18.4 Å². The Balaban J connectivity index is 1.73. The molecule has 1 amide bonds. The maximum atomic E-state index is 12.9. The Hall–Kier alpha value is -2.36. The Bertz CT molecular complexity index is 947. The zero-order chi connectivity index (χ0) is 21.0. The first-order valence-electron chi connectivity index (χ1n) is 9.54. The van der Waals surface area contributed by atoms with Crippen LogP contribution in [0.1, 0.15) is 23.0 Å². The van der Waals surface area contributed by atoms with Crippen molar-refractivity contribution >= 4 is 15.9 Å². The van der Waals surface area contributed by atoms with Gasteiger partial charge in [-0.15, -0.1) is 0 Å². The molecule has 0 spiro atoms. The first kappa shape index (κ1) is 21.4. The molecular weight excluding hydrogens is 394 g/mol. The molecule has 9 heteroatoms. The average Bonchev–Trinajstić information content (AvgIpc) is 3.12. The third-order valence-electron chi connectivity index (χ3n) is 4.81. The standard InChI is InChI=1S/C20H27N3O5S/c1-4-28-17-7-5-16(6-8-17)14-22(3)20(24)19-13-18(15-21(19)2)29(25,26)23-9-11-27-12-10-23/h5-8,13,15H,4,9-12,14H2,1-3H3. The lowest BCUT2D eigenvalue weighted by Crippen LogP contribution is -2.40. The number of hydrogen-bond acceptors (Lipinski definition) is 5. The lowest BCUT2D eigenvalue weighted by molar-refractivity contribution is 0.0730. The molecule has 1 saturated heterocycles. The fourth-order valence-corrected chi connectivity index (χ4v) is 4.70. The first-order chi connectivity index (χ1) is 13.8. The molecule has 0 atom stereocenters. The minimum Gasteiger partial charge on any atom is -0.494 e. The van der Waals surface area contributed by atoms with Crippen molar-refractivity contribution in [1.29, 1.82) is 0 Å². The van der Waals surface area contributed by atoms with Gasteiger partial charge in [0.25, 0.3) is 5.91 Å². The lowest BCUT2D eigenvalue weighted by atomic mass is 10.2. The number of carbonyl (C=O) groups excluding carboxylic acids is 1. The van der Waals surface area contributed by atoms with Crippen LogP contribution in [-0.2, 0) is 28.4 Å². The van der Waals surface area contributed by atoms with E-state index in [1.807, 2.05) is 31.2 Å². The number of aromatic nitrogens is 1. The summed E-state index contributed by atoms with van der Waals surface area (Å²) >= 11 is 0. The van der Waals surface area contributed by atoms with Gasteiger partial charge in [0, 0.05) is 39.9 Å². The van der Waals surface area contributed by atoms with Gasteiger partial charge in [0.1, 0.15) is 16.3 Å². The Kier molecular flexibility index (Phi) is 6.61. The quantitative estimate of drug-likeness (QED) is 0.680. The fourth-order valence-electron chi connectivity index (χ4n) is 3.22. The summed E-state index contributed by atoms with van der Waals surface area (Å²) < 4.78 is 39.3. The van der Waals surface area contributed by atoms with Gasteiger partial charge in [0.2, 0.25) is 10.0 Å². The van der Waals surface area contributed by atoms with Gasteiger partial charge < -0.3 is 18.9 Å². The summed E-state index contributed by atoms with van der Waals surface area (Å²) in [5.41, 5.74) is 1.28. The van der Waals surface area contributed by atoms with Crippen LogP contribution in [0.15, 0.2) is 41.4 Å². The highest BCUT2D eigenvalue weighted by Crippen LogP contribution is 2.21. The van der Waals surface area contributed by atoms with E-state index in [9.17, 15) is 13.2 Å². The number of sulfonamides is 1. The molecule has 0 unspecified atom stereocenters. The minimum atomic E-state index is -3.64. The number of aryl methyl sites for hydroxylation is 1. The van der Waals surface area contributed by atoms with Crippen LogP contribution < -0.4 is 4.74 Å². The molecule has 0 radical (unpaired) electrons. The van der Waals surface area contributed by atoms with E-state index in [0.29, 0.717) is 45.1 Å². The second-order valence-electron chi connectivity index (χ2n) is 6.93. The molecule has 2 aromatic rings. The predicted octanol–water partition coefficient (Wildman–Crippen LogP) is 1.72. The van der Waals surface area contributed by atoms with Gasteiger partial charge >= 0.3 is 0 Å². The summed E-state index contributed by atoms with van der Waals surface area (Å²) in [5, 5.41) is 0. The van der Waals surface area contributed by atoms with Gasteiger partial charge in [0.05, 0.1) is 19.8 Å². The highest BCUT2D eigenvalue weighted by Gasteiger charge is 2.29. The molecule has 1 fully saturated rings. The van der Waals surface area contributed by atoms with Gasteiger partial charge in [-0.25, -0.2) is 8.42 Å². The van der Waals surface area contributed by atoms with Crippen molar-refractivity contribution in [2.75, 3.05) is 40.0 Å². The minimum absolute atomic E-state index is 0.125. The summed E-state index contributed by atoms with van der Waals surface area (Å²) in [6.07, 6.45) is 1.49. The molecule has 0 saturated carbocycles. The molecule has 0 aliphatic carbocycles. The van der Waals surface area contributed by atoms with Gasteiger partial charge in [-0.1, -0.05) is 12.1 Å². The molecule has 1 aliphatic heterocycles. The Labute approximate surface area is 171 Å². The van der Waals surface area contributed by atoms with Gasteiger partial charge in [-0.2, -0.15) is 4.31 Å². The fraction of sp³-hybridized carbons (Fsp3) is 0.450. The number of morpholine rings is 1. The molecule has 29 heavy (non-hydrogen) atoms. The molecule has 2 heterocycles. The first-order valence-corrected chi connectivity index (χ1v) is 11.0. The zero-order valence-electron chi connectivity index (χ0n) is 17.0. The van der Waals surface area contributed by atoms with E-state index in [1.165, 1.54) is 16.6 Å². The number of benzene rings is 1. The highest BCUT2D eigenvalue weighted by molar-refractivity contribution is 7.89. The van der Waals surface area contributed by atoms with Gasteiger partial charge in [-0.05, 0) is 30.7 Å². The Morgan fingerprint density at radius 1 is 1.21 bits per heavy atom. The second-order valence-corrected chi connectivity index (χ2v) is 8.86. The van der Waals surface area contributed by atoms with Crippen LogP contribution in [-0.4, -0.2) is 68.1 Å². The summed E-state index contributed by atoms with van der Waals surface area (Å²) in [7, 11) is -0.271. The normalized spacial score (nSPS) is 15.3. The number of nitrogens with zero attached hydrogens (tertiary/aromatic N) is 3. The SMILES string of the molecule is CCOc1ccc(CN(C)C(=O)c2cc(S(=O)(=O)N3CCOCC3)cn2C)cc1. The highest BCUT2D eigenvalue weighted by atomic mass is 32.2. The van der Waals surface area contributed by atoms with E-state index in [-0.39, 0.29) is 10.8 Å². The van der Waals surface area contributed by atoms with Crippen LogP contribution in [0.25, 0.3) is 0 Å². The largest absolute Gasteiger partial charge is 0.494 e. The monoisotopic (exact) mass is 421 g/mol. The van der Waals surface area contributed by atoms with E-state index in [2.05, 4.69) is 0 Å². The second kappa shape index (κ2) is 8.98. The van der Waals surface area contributed by atoms with E-state index >= 15 is 0 Å². The van der Waals surface area contributed by atoms with E-state index in [1.54, 1.807) is 23.6 Å². The molecule has 3 rings (SSSR count). The van der Waals surface area contributed by atoms with E-state index in [0.717, 1.165) is 11.3 Å². The zero-order valence-corrected chi connectivity index (χ0v) is 17.8. The number of ether oxygens (including phenoxy) is 2. The lowest BCUT2D eigenvalue weighted by Gasteiger charge is -2.25. The smallest absolute Gasteiger partial charge is 0.270 e. The van der Waals surface area contributed by atoms with Crippen LogP contribution in [0.2, 0.25) is 0 Å². The van der Waals surface area contributed by atoms with E-state index in [4.69, 9.17) is 9.47 Å². The molecule has 8 nitrogen and oxygen atoms in total. The van der Waals surface area contributed by atoms with Crippen molar-refractivity contribution in [3.63, 3.8) is 0 Å². The molecule has 1 aromatic carbocycles. The summed E-state index contributed by atoms with van der Waals surface area (Å²) in [4.78, 5) is 14.6. The third-order valence-corrected chi connectivity index (χ3v) is 6.67. The summed E-state index contributed by atoms with van der Waals surface area (Å²) in [6.45, 7) is 4.32.